The van der Waals surface area contributed by atoms with E-state index in [2.05, 4.69) is 20.6 Å². The Labute approximate surface area is 161 Å². The summed E-state index contributed by atoms with van der Waals surface area (Å²) in [5.74, 6) is 0.0979. The molecule has 2 N–H and O–H groups in total. The van der Waals surface area contributed by atoms with Crippen LogP contribution >= 0.6 is 23.8 Å². The van der Waals surface area contributed by atoms with Crippen molar-refractivity contribution in [2.24, 2.45) is 5.10 Å². The molecule has 0 aliphatic rings. The lowest BCUT2D eigenvalue weighted by atomic mass is 10.1. The third-order valence-electron chi connectivity index (χ3n) is 3.56. The van der Waals surface area contributed by atoms with Crippen molar-refractivity contribution in [3.8, 4) is 5.75 Å². The molecular formula is C18H18ClF2N3OS. The zero-order valence-electron chi connectivity index (χ0n) is 14.2. The Morgan fingerprint density at radius 1 is 1.23 bits per heavy atom. The summed E-state index contributed by atoms with van der Waals surface area (Å²) in [7, 11) is 0. The summed E-state index contributed by atoms with van der Waals surface area (Å²) >= 11 is 11.3. The summed E-state index contributed by atoms with van der Waals surface area (Å²) in [6.07, 6.45) is 0.626. The number of hydrogen-bond donors (Lipinski definition) is 2. The number of halogens is 3. The molecule has 0 saturated heterocycles. The molecule has 0 atom stereocenters. The van der Waals surface area contributed by atoms with Crippen molar-refractivity contribution in [1.82, 2.24) is 5.43 Å². The van der Waals surface area contributed by atoms with Crippen molar-refractivity contribution in [2.45, 2.75) is 26.9 Å². The van der Waals surface area contributed by atoms with E-state index in [0.717, 1.165) is 22.5 Å². The Morgan fingerprint density at radius 3 is 2.54 bits per heavy atom. The number of thiocarbonyl (C=S) groups is 1. The first-order valence-corrected chi connectivity index (χ1v) is 8.63. The maximum Gasteiger partial charge on any atom is 0.387 e. The third kappa shape index (κ3) is 5.64. The van der Waals surface area contributed by atoms with Crippen LogP contribution in [-0.2, 0) is 0 Å². The minimum absolute atomic E-state index is 0.0979. The topological polar surface area (TPSA) is 45.7 Å². The molecule has 2 rings (SSSR count). The van der Waals surface area contributed by atoms with E-state index >= 15 is 0 Å². The lowest BCUT2D eigenvalue weighted by molar-refractivity contribution is -0.0498. The smallest absolute Gasteiger partial charge is 0.387 e. The fraction of sp³-hybridized carbons (Fsp3) is 0.222. The van der Waals surface area contributed by atoms with Crippen molar-refractivity contribution >= 4 is 40.3 Å². The number of nitrogens with zero attached hydrogens (tertiary/aromatic N) is 1. The van der Waals surface area contributed by atoms with Gasteiger partial charge in [0.25, 0.3) is 0 Å². The Morgan fingerprint density at radius 2 is 1.92 bits per heavy atom. The van der Waals surface area contributed by atoms with Crippen LogP contribution in [0.15, 0.2) is 47.6 Å². The van der Waals surface area contributed by atoms with E-state index in [1.165, 1.54) is 12.1 Å². The fourth-order valence-corrected chi connectivity index (χ4v) is 2.52. The van der Waals surface area contributed by atoms with E-state index in [0.29, 0.717) is 16.6 Å². The average molecular weight is 398 g/mol. The van der Waals surface area contributed by atoms with E-state index in [1.54, 1.807) is 18.2 Å². The molecule has 0 bridgehead atoms. The summed E-state index contributed by atoms with van der Waals surface area (Å²) in [6.45, 7) is 0.971. The molecule has 0 amide bonds. The van der Waals surface area contributed by atoms with Crippen molar-refractivity contribution in [3.05, 3.63) is 58.6 Å². The van der Waals surface area contributed by atoms with E-state index < -0.39 is 6.61 Å². The van der Waals surface area contributed by atoms with Crippen molar-refractivity contribution < 1.29 is 13.5 Å². The number of ether oxygens (including phenoxy) is 1. The number of hydrogen-bond acceptors (Lipinski definition) is 3. The normalized spacial score (nSPS) is 11.4. The van der Waals surface area contributed by atoms with Gasteiger partial charge in [-0.3, -0.25) is 5.43 Å². The van der Waals surface area contributed by atoms with Crippen LogP contribution in [-0.4, -0.2) is 17.4 Å². The van der Waals surface area contributed by atoms with Gasteiger partial charge in [0.1, 0.15) is 5.75 Å². The molecule has 0 aliphatic heterocycles. The minimum Gasteiger partial charge on any atom is -0.435 e. The number of alkyl halides is 2. The molecule has 2 aromatic carbocycles. The highest BCUT2D eigenvalue weighted by atomic mass is 35.5. The van der Waals surface area contributed by atoms with Gasteiger partial charge in [-0.15, -0.1) is 0 Å². The van der Waals surface area contributed by atoms with Crippen LogP contribution in [0, 0.1) is 6.92 Å². The van der Waals surface area contributed by atoms with E-state index in [-0.39, 0.29) is 5.75 Å². The zero-order chi connectivity index (χ0) is 19.1. The molecule has 26 heavy (non-hydrogen) atoms. The monoisotopic (exact) mass is 397 g/mol. The quantitative estimate of drug-likeness (QED) is 0.392. The molecule has 0 heterocycles. The highest BCUT2D eigenvalue weighted by Crippen LogP contribution is 2.22. The van der Waals surface area contributed by atoms with E-state index in [9.17, 15) is 8.78 Å². The maximum atomic E-state index is 12.2. The van der Waals surface area contributed by atoms with Crippen molar-refractivity contribution in [1.29, 1.82) is 0 Å². The Hall–Kier alpha value is -2.25. The average Bonchev–Trinajstić information content (AvgIpc) is 2.60. The predicted molar refractivity (Wildman–Crippen MR) is 105 cm³/mol. The van der Waals surface area contributed by atoms with Gasteiger partial charge in [0, 0.05) is 10.7 Å². The second kappa shape index (κ2) is 9.45. The molecule has 0 radical (unpaired) electrons. The van der Waals surface area contributed by atoms with Crippen LogP contribution in [0.1, 0.15) is 24.5 Å². The summed E-state index contributed by atoms with van der Waals surface area (Å²) in [5, 5.41) is 8.29. The second-order valence-corrected chi connectivity index (χ2v) is 6.11. The van der Waals surface area contributed by atoms with E-state index in [1.807, 2.05) is 26.0 Å². The summed E-state index contributed by atoms with van der Waals surface area (Å²) in [4.78, 5) is 0. The van der Waals surface area contributed by atoms with Crippen LogP contribution < -0.4 is 15.5 Å². The Kier molecular flexibility index (Phi) is 7.29. The summed E-state index contributed by atoms with van der Waals surface area (Å²) < 4.78 is 28.7. The van der Waals surface area contributed by atoms with Gasteiger partial charge >= 0.3 is 6.61 Å². The molecule has 0 saturated carbocycles. The number of nitrogens with one attached hydrogen (secondary N) is 2. The maximum absolute atomic E-state index is 12.2. The summed E-state index contributed by atoms with van der Waals surface area (Å²) in [5.41, 5.74) is 5.96. The van der Waals surface area contributed by atoms with Gasteiger partial charge in [0.2, 0.25) is 0 Å². The fourth-order valence-electron chi connectivity index (χ4n) is 2.19. The number of rotatable bonds is 6. The molecule has 0 fully saturated rings. The van der Waals surface area contributed by atoms with Gasteiger partial charge in [-0.25, -0.2) is 0 Å². The standard InChI is InChI=1S/C18H18ClF2N3OS/c1-3-15(12-7-9-13(10-8-12)25-17(20)21)23-24-18(26)22-16-6-4-5-14(19)11(16)2/h4-10,17H,3H2,1-2H3,(H2,22,24,26). The molecule has 0 unspecified atom stereocenters. The lowest BCUT2D eigenvalue weighted by Gasteiger charge is -2.12. The van der Waals surface area contributed by atoms with Gasteiger partial charge < -0.3 is 10.1 Å². The van der Waals surface area contributed by atoms with Crippen LogP contribution in [0.5, 0.6) is 5.75 Å². The van der Waals surface area contributed by atoms with Gasteiger partial charge in [-0.05, 0) is 73.1 Å². The summed E-state index contributed by atoms with van der Waals surface area (Å²) in [6, 6.07) is 11.8. The lowest BCUT2D eigenvalue weighted by Crippen LogP contribution is -2.25. The molecule has 0 spiro atoms. The molecular weight excluding hydrogens is 380 g/mol. The van der Waals surface area contributed by atoms with Crippen molar-refractivity contribution in [3.63, 3.8) is 0 Å². The van der Waals surface area contributed by atoms with E-state index in [4.69, 9.17) is 23.8 Å². The zero-order valence-corrected chi connectivity index (χ0v) is 15.8. The Bertz CT molecular complexity index is 798. The van der Waals surface area contributed by atoms with Gasteiger partial charge in [0.05, 0.1) is 5.71 Å². The first-order chi connectivity index (χ1) is 12.4. The third-order valence-corrected chi connectivity index (χ3v) is 4.16. The Balaban J connectivity index is 2.04. The molecule has 4 nitrogen and oxygen atoms in total. The van der Waals surface area contributed by atoms with Gasteiger partial charge in [-0.2, -0.15) is 13.9 Å². The minimum atomic E-state index is -2.85. The second-order valence-electron chi connectivity index (χ2n) is 5.29. The van der Waals surface area contributed by atoms with Crippen LogP contribution in [0.25, 0.3) is 0 Å². The predicted octanol–water partition coefficient (Wildman–Crippen LogP) is 5.35. The van der Waals surface area contributed by atoms with Crippen LogP contribution in [0.3, 0.4) is 0 Å². The molecule has 2 aromatic rings. The van der Waals surface area contributed by atoms with Gasteiger partial charge in [0.15, 0.2) is 5.11 Å². The molecule has 0 aromatic heterocycles. The highest BCUT2D eigenvalue weighted by Gasteiger charge is 2.07. The first-order valence-electron chi connectivity index (χ1n) is 7.84. The molecule has 8 heteroatoms. The highest BCUT2D eigenvalue weighted by molar-refractivity contribution is 7.80. The van der Waals surface area contributed by atoms with Crippen LogP contribution in [0.2, 0.25) is 5.02 Å². The largest absolute Gasteiger partial charge is 0.435 e. The van der Waals surface area contributed by atoms with Crippen LogP contribution in [0.4, 0.5) is 14.5 Å². The molecule has 0 aliphatic carbocycles. The molecule has 138 valence electrons. The number of anilines is 1. The van der Waals surface area contributed by atoms with Crippen molar-refractivity contribution in [2.75, 3.05) is 5.32 Å². The first kappa shape index (κ1) is 20.1. The SMILES string of the molecule is CCC(=NNC(=S)Nc1cccc(Cl)c1C)c1ccc(OC(F)F)cc1. The number of benzene rings is 2. The number of hydrazone groups is 1. The van der Waals surface area contributed by atoms with Gasteiger partial charge in [-0.1, -0.05) is 24.6 Å².